The summed E-state index contributed by atoms with van der Waals surface area (Å²) in [6.07, 6.45) is 1.60. The fraction of sp³-hybridized carbons (Fsp3) is 0.300. The van der Waals surface area contributed by atoms with Gasteiger partial charge in [0.05, 0.1) is 5.56 Å². The zero-order valence-corrected chi connectivity index (χ0v) is 9.34. The van der Waals surface area contributed by atoms with E-state index in [2.05, 4.69) is 5.32 Å². The maximum atomic E-state index is 11.6. The van der Waals surface area contributed by atoms with Gasteiger partial charge in [0.25, 0.3) is 5.91 Å². The number of nitrogens with one attached hydrogen (secondary N) is 1. The molecule has 5 heteroatoms. The highest BCUT2D eigenvalue weighted by Crippen LogP contribution is 2.09. The van der Waals surface area contributed by atoms with Crippen LogP contribution in [0.15, 0.2) is 24.3 Å². The number of carbonyl (C=O) groups is 1. The molecule has 0 heterocycles. The smallest absolute Gasteiger partial charge is 0.253 e. The second-order valence-corrected chi connectivity index (χ2v) is 4.68. The summed E-state index contributed by atoms with van der Waals surface area (Å²) in [5.41, 5.74) is 6.54. The molecule has 0 saturated heterocycles. The number of benzene rings is 1. The molecule has 1 aromatic carbocycles. The van der Waals surface area contributed by atoms with Crippen LogP contribution in [0.1, 0.15) is 10.4 Å². The summed E-state index contributed by atoms with van der Waals surface area (Å²) in [6, 6.07) is 6.86. The predicted octanol–water partition coefficient (Wildman–Crippen LogP) is 0.377. The standard InChI is InChI=1S/C10H14N2O2S/c1-15(14)7-6-12-10(13)8-4-2-3-5-9(8)11/h2-5H,6-7,11H2,1H3,(H,12,13). The van der Waals surface area contributed by atoms with Crippen molar-refractivity contribution in [3.05, 3.63) is 29.8 Å². The number of amides is 1. The first-order chi connectivity index (χ1) is 7.11. The van der Waals surface area contributed by atoms with Crippen LogP contribution in [0.25, 0.3) is 0 Å². The minimum Gasteiger partial charge on any atom is -0.398 e. The molecule has 0 fully saturated rings. The van der Waals surface area contributed by atoms with E-state index in [4.69, 9.17) is 5.73 Å². The summed E-state index contributed by atoms with van der Waals surface area (Å²) in [5, 5.41) is 2.66. The molecule has 0 aliphatic rings. The zero-order chi connectivity index (χ0) is 11.3. The van der Waals surface area contributed by atoms with Crippen molar-refractivity contribution in [2.24, 2.45) is 0 Å². The molecular formula is C10H14N2O2S. The van der Waals surface area contributed by atoms with E-state index in [0.29, 0.717) is 23.5 Å². The highest BCUT2D eigenvalue weighted by atomic mass is 32.2. The number of hydrogen-bond acceptors (Lipinski definition) is 3. The molecule has 1 atom stereocenters. The molecule has 15 heavy (non-hydrogen) atoms. The Morgan fingerprint density at radius 2 is 2.13 bits per heavy atom. The van der Waals surface area contributed by atoms with Gasteiger partial charge in [-0.15, -0.1) is 0 Å². The summed E-state index contributed by atoms with van der Waals surface area (Å²) < 4.78 is 10.8. The Balaban J connectivity index is 2.54. The molecule has 0 aromatic heterocycles. The minimum absolute atomic E-state index is 0.224. The lowest BCUT2D eigenvalue weighted by Crippen LogP contribution is -2.28. The van der Waals surface area contributed by atoms with Gasteiger partial charge in [0.15, 0.2) is 0 Å². The lowest BCUT2D eigenvalue weighted by molar-refractivity contribution is 0.0957. The highest BCUT2D eigenvalue weighted by Gasteiger charge is 2.07. The topological polar surface area (TPSA) is 72.2 Å². The van der Waals surface area contributed by atoms with Gasteiger partial charge in [-0.3, -0.25) is 9.00 Å². The quantitative estimate of drug-likeness (QED) is 0.729. The maximum absolute atomic E-state index is 11.6. The van der Waals surface area contributed by atoms with Gasteiger partial charge in [-0.1, -0.05) is 12.1 Å². The van der Waals surface area contributed by atoms with Gasteiger partial charge in [0, 0.05) is 35.0 Å². The average molecular weight is 226 g/mol. The Kier molecular flexibility index (Phi) is 4.30. The zero-order valence-electron chi connectivity index (χ0n) is 8.53. The van der Waals surface area contributed by atoms with Crippen molar-refractivity contribution >= 4 is 22.4 Å². The van der Waals surface area contributed by atoms with Crippen molar-refractivity contribution in [1.29, 1.82) is 0 Å². The average Bonchev–Trinajstić information content (AvgIpc) is 2.17. The van der Waals surface area contributed by atoms with Gasteiger partial charge in [-0.05, 0) is 12.1 Å². The molecule has 1 aromatic rings. The summed E-state index contributed by atoms with van der Waals surface area (Å²) in [4.78, 5) is 11.6. The second-order valence-electron chi connectivity index (χ2n) is 3.12. The van der Waals surface area contributed by atoms with Crippen molar-refractivity contribution in [2.45, 2.75) is 0 Å². The summed E-state index contributed by atoms with van der Waals surface area (Å²) in [5.74, 6) is 0.233. The molecule has 1 rings (SSSR count). The van der Waals surface area contributed by atoms with Crippen molar-refractivity contribution in [3.63, 3.8) is 0 Å². The van der Waals surface area contributed by atoms with E-state index >= 15 is 0 Å². The Morgan fingerprint density at radius 1 is 1.47 bits per heavy atom. The molecule has 0 saturated carbocycles. The van der Waals surface area contributed by atoms with Gasteiger partial charge < -0.3 is 11.1 Å². The molecule has 0 aliphatic heterocycles. The Labute approximate surface area is 91.3 Å². The Hall–Kier alpha value is -1.36. The number of hydrogen-bond donors (Lipinski definition) is 2. The van der Waals surface area contributed by atoms with Crippen LogP contribution in [0, 0.1) is 0 Å². The predicted molar refractivity (Wildman–Crippen MR) is 62.1 cm³/mol. The number of anilines is 1. The first-order valence-corrected chi connectivity index (χ1v) is 6.26. The molecular weight excluding hydrogens is 212 g/mol. The molecule has 0 spiro atoms. The van der Waals surface area contributed by atoms with Crippen LogP contribution in [0.3, 0.4) is 0 Å². The number of para-hydroxylation sites is 1. The maximum Gasteiger partial charge on any atom is 0.253 e. The normalized spacial score (nSPS) is 12.1. The largest absolute Gasteiger partial charge is 0.398 e. The number of rotatable bonds is 4. The number of carbonyl (C=O) groups excluding carboxylic acids is 1. The monoisotopic (exact) mass is 226 g/mol. The van der Waals surface area contributed by atoms with E-state index in [1.807, 2.05) is 0 Å². The van der Waals surface area contributed by atoms with Crippen LogP contribution in [0.4, 0.5) is 5.69 Å². The summed E-state index contributed by atoms with van der Waals surface area (Å²) in [7, 11) is -0.890. The third-order valence-electron chi connectivity index (χ3n) is 1.88. The van der Waals surface area contributed by atoms with E-state index in [1.54, 1.807) is 30.5 Å². The Bertz CT molecular complexity index is 379. The summed E-state index contributed by atoms with van der Waals surface area (Å²) in [6.45, 7) is 0.399. The van der Waals surface area contributed by atoms with Crippen LogP contribution >= 0.6 is 0 Å². The van der Waals surface area contributed by atoms with Gasteiger partial charge in [0.2, 0.25) is 0 Å². The van der Waals surface area contributed by atoms with Gasteiger partial charge >= 0.3 is 0 Å². The summed E-state index contributed by atoms with van der Waals surface area (Å²) >= 11 is 0. The molecule has 3 N–H and O–H groups in total. The van der Waals surface area contributed by atoms with Crippen molar-refractivity contribution in [1.82, 2.24) is 5.32 Å². The minimum atomic E-state index is -0.890. The molecule has 4 nitrogen and oxygen atoms in total. The Morgan fingerprint density at radius 3 is 2.73 bits per heavy atom. The van der Waals surface area contributed by atoms with Crippen molar-refractivity contribution < 1.29 is 9.00 Å². The van der Waals surface area contributed by atoms with Gasteiger partial charge in [-0.2, -0.15) is 0 Å². The van der Waals surface area contributed by atoms with Gasteiger partial charge in [-0.25, -0.2) is 0 Å². The van der Waals surface area contributed by atoms with Crippen molar-refractivity contribution in [2.75, 3.05) is 24.3 Å². The van der Waals surface area contributed by atoms with E-state index in [1.165, 1.54) is 0 Å². The third kappa shape index (κ3) is 3.71. The van der Waals surface area contributed by atoms with Gasteiger partial charge in [0.1, 0.15) is 0 Å². The lowest BCUT2D eigenvalue weighted by Gasteiger charge is -2.05. The van der Waals surface area contributed by atoms with E-state index in [9.17, 15) is 9.00 Å². The fourth-order valence-electron chi connectivity index (χ4n) is 1.11. The first-order valence-electron chi connectivity index (χ1n) is 4.54. The first kappa shape index (κ1) is 11.7. The van der Waals surface area contributed by atoms with Crippen molar-refractivity contribution in [3.8, 4) is 0 Å². The van der Waals surface area contributed by atoms with Crippen LogP contribution in [0.5, 0.6) is 0 Å². The molecule has 0 radical (unpaired) electrons. The van der Waals surface area contributed by atoms with E-state index < -0.39 is 10.8 Å². The van der Waals surface area contributed by atoms with Crippen LogP contribution in [-0.2, 0) is 10.8 Å². The van der Waals surface area contributed by atoms with Crippen LogP contribution in [0.2, 0.25) is 0 Å². The molecule has 82 valence electrons. The fourth-order valence-corrected chi connectivity index (χ4v) is 1.50. The molecule has 1 amide bonds. The number of nitrogen functional groups attached to an aromatic ring is 1. The number of nitrogens with two attached hydrogens (primary N) is 1. The highest BCUT2D eigenvalue weighted by molar-refractivity contribution is 7.84. The van der Waals surface area contributed by atoms with E-state index in [-0.39, 0.29) is 5.91 Å². The second kappa shape index (κ2) is 5.50. The SMILES string of the molecule is CS(=O)CCNC(=O)c1ccccc1N. The van der Waals surface area contributed by atoms with Crippen LogP contribution in [-0.4, -0.2) is 28.7 Å². The lowest BCUT2D eigenvalue weighted by atomic mass is 10.2. The molecule has 0 bridgehead atoms. The molecule has 0 aliphatic carbocycles. The molecule has 1 unspecified atom stereocenters. The third-order valence-corrected chi connectivity index (χ3v) is 2.66. The van der Waals surface area contributed by atoms with E-state index in [0.717, 1.165) is 0 Å². The van der Waals surface area contributed by atoms with Crippen LogP contribution < -0.4 is 11.1 Å².